The second-order valence-corrected chi connectivity index (χ2v) is 7.23. The van der Waals surface area contributed by atoms with E-state index in [4.69, 9.17) is 4.42 Å². The second-order valence-electron chi connectivity index (χ2n) is 6.28. The van der Waals surface area contributed by atoms with Gasteiger partial charge in [0.15, 0.2) is 5.82 Å². The zero-order chi connectivity index (χ0) is 19.5. The molecule has 3 aromatic heterocycles. The highest BCUT2D eigenvalue weighted by molar-refractivity contribution is 7.13. The molecule has 8 heteroatoms. The number of halogens is 1. The second kappa shape index (κ2) is 7.77. The lowest BCUT2D eigenvalue weighted by molar-refractivity contribution is 0.0929. The normalized spacial score (nSPS) is 12.1. The molecule has 1 N–H and O–H groups in total. The minimum absolute atomic E-state index is 0.0546. The largest absolute Gasteiger partial charge is 0.469 e. The average Bonchev–Trinajstić information content (AvgIpc) is 3.43. The van der Waals surface area contributed by atoms with Crippen molar-refractivity contribution in [1.29, 1.82) is 0 Å². The molecule has 0 radical (unpaired) electrons. The van der Waals surface area contributed by atoms with Gasteiger partial charge in [-0.15, -0.1) is 16.4 Å². The summed E-state index contributed by atoms with van der Waals surface area (Å²) in [6.07, 6.45) is 2.16. The van der Waals surface area contributed by atoms with Crippen molar-refractivity contribution in [2.75, 3.05) is 0 Å². The van der Waals surface area contributed by atoms with Crippen molar-refractivity contribution in [1.82, 2.24) is 20.1 Å². The van der Waals surface area contributed by atoms with Gasteiger partial charge >= 0.3 is 0 Å². The number of amides is 1. The number of hydrogen-bond acceptors (Lipinski definition) is 5. The maximum Gasteiger partial charge on any atom is 0.291 e. The van der Waals surface area contributed by atoms with E-state index >= 15 is 0 Å². The highest BCUT2D eigenvalue weighted by Gasteiger charge is 2.21. The van der Waals surface area contributed by atoms with Gasteiger partial charge in [-0.2, -0.15) is 0 Å². The topological polar surface area (TPSA) is 73.0 Å². The first kappa shape index (κ1) is 18.1. The van der Waals surface area contributed by atoms with Crippen LogP contribution in [0.2, 0.25) is 0 Å². The lowest BCUT2D eigenvalue weighted by Gasteiger charge is -2.10. The minimum Gasteiger partial charge on any atom is -0.469 e. The molecule has 0 saturated carbocycles. The van der Waals surface area contributed by atoms with Gasteiger partial charge in [-0.05, 0) is 54.8 Å². The number of rotatable bonds is 6. The molecular formula is C20H17FN4O2S. The summed E-state index contributed by atoms with van der Waals surface area (Å²) in [4.78, 5) is 18.0. The van der Waals surface area contributed by atoms with Gasteiger partial charge in [0.05, 0.1) is 16.8 Å². The van der Waals surface area contributed by atoms with Gasteiger partial charge in [0.1, 0.15) is 11.6 Å². The lowest BCUT2D eigenvalue weighted by Crippen LogP contribution is -2.34. The van der Waals surface area contributed by atoms with Crippen molar-refractivity contribution in [3.8, 4) is 16.4 Å². The molecule has 0 spiro atoms. The van der Waals surface area contributed by atoms with E-state index in [1.54, 1.807) is 23.1 Å². The van der Waals surface area contributed by atoms with Crippen LogP contribution in [0.3, 0.4) is 0 Å². The van der Waals surface area contributed by atoms with E-state index in [-0.39, 0.29) is 23.6 Å². The minimum atomic E-state index is -0.377. The van der Waals surface area contributed by atoms with E-state index < -0.39 is 0 Å². The van der Waals surface area contributed by atoms with E-state index in [9.17, 15) is 9.18 Å². The summed E-state index contributed by atoms with van der Waals surface area (Å²) in [6.45, 7) is 1.89. The quantitative estimate of drug-likeness (QED) is 0.533. The molecule has 4 rings (SSSR count). The molecule has 28 heavy (non-hydrogen) atoms. The Morgan fingerprint density at radius 3 is 2.75 bits per heavy atom. The number of nitrogens with one attached hydrogen (secondary N) is 1. The van der Waals surface area contributed by atoms with Gasteiger partial charge < -0.3 is 9.73 Å². The predicted molar refractivity (Wildman–Crippen MR) is 104 cm³/mol. The third-order valence-electron chi connectivity index (χ3n) is 4.09. The number of nitrogens with zero attached hydrogens (tertiary/aromatic N) is 3. The van der Waals surface area contributed by atoms with Gasteiger partial charge in [-0.25, -0.2) is 14.1 Å². The van der Waals surface area contributed by atoms with Crippen LogP contribution in [-0.4, -0.2) is 26.7 Å². The summed E-state index contributed by atoms with van der Waals surface area (Å²) in [7, 11) is 0. The predicted octanol–water partition coefficient (Wildman–Crippen LogP) is 4.09. The van der Waals surface area contributed by atoms with Crippen LogP contribution in [0.15, 0.2) is 64.6 Å². The zero-order valence-corrected chi connectivity index (χ0v) is 15.8. The molecule has 0 saturated heterocycles. The monoisotopic (exact) mass is 396 g/mol. The zero-order valence-electron chi connectivity index (χ0n) is 15.0. The van der Waals surface area contributed by atoms with Crippen molar-refractivity contribution in [3.63, 3.8) is 0 Å². The fourth-order valence-electron chi connectivity index (χ4n) is 2.81. The Morgan fingerprint density at radius 1 is 1.25 bits per heavy atom. The van der Waals surface area contributed by atoms with Crippen molar-refractivity contribution >= 4 is 17.2 Å². The highest BCUT2D eigenvalue weighted by Crippen LogP contribution is 2.25. The number of furan rings is 1. The van der Waals surface area contributed by atoms with E-state index in [0.29, 0.717) is 17.9 Å². The Bertz CT molecular complexity index is 1060. The fraction of sp³-hybridized carbons (Fsp3) is 0.150. The third kappa shape index (κ3) is 3.86. The molecule has 0 aliphatic carbocycles. The molecule has 4 aromatic rings. The number of aromatic nitrogens is 3. The Kier molecular flexibility index (Phi) is 5.03. The van der Waals surface area contributed by atoms with Crippen LogP contribution in [0.1, 0.15) is 23.3 Å². The summed E-state index contributed by atoms with van der Waals surface area (Å²) in [5.41, 5.74) is 0.625. The molecule has 1 atom stereocenters. The number of carbonyl (C=O) groups excluding carboxylic acids is 1. The summed E-state index contributed by atoms with van der Waals surface area (Å²) in [6, 6.07) is 13.2. The first-order valence-corrected chi connectivity index (χ1v) is 9.58. The Hall–Kier alpha value is -3.26. The first-order valence-electron chi connectivity index (χ1n) is 8.70. The van der Waals surface area contributed by atoms with E-state index in [0.717, 1.165) is 10.6 Å². The van der Waals surface area contributed by atoms with Crippen LogP contribution in [0.4, 0.5) is 4.39 Å². The van der Waals surface area contributed by atoms with Gasteiger partial charge in [0, 0.05) is 12.5 Å². The summed E-state index contributed by atoms with van der Waals surface area (Å²) < 4.78 is 20.2. The molecule has 1 amide bonds. The molecule has 0 fully saturated rings. The van der Waals surface area contributed by atoms with E-state index in [1.165, 1.54) is 23.5 Å². The Morgan fingerprint density at radius 2 is 2.07 bits per heavy atom. The van der Waals surface area contributed by atoms with Gasteiger partial charge in [0.25, 0.3) is 5.91 Å². The van der Waals surface area contributed by atoms with Crippen molar-refractivity contribution in [2.24, 2.45) is 0 Å². The van der Waals surface area contributed by atoms with Crippen molar-refractivity contribution in [3.05, 3.63) is 77.6 Å². The average molecular weight is 396 g/mol. The lowest BCUT2D eigenvalue weighted by atomic mass is 10.2. The molecule has 0 aliphatic rings. The highest BCUT2D eigenvalue weighted by atomic mass is 32.1. The first-order chi connectivity index (χ1) is 13.6. The Labute approximate surface area is 164 Å². The third-order valence-corrected chi connectivity index (χ3v) is 4.95. The molecular weight excluding hydrogens is 379 g/mol. The molecule has 1 unspecified atom stereocenters. The summed E-state index contributed by atoms with van der Waals surface area (Å²) in [5, 5.41) is 9.18. The Balaban J connectivity index is 1.61. The summed E-state index contributed by atoms with van der Waals surface area (Å²) in [5.74, 6) is 0.658. The molecule has 1 aromatic carbocycles. The van der Waals surface area contributed by atoms with Gasteiger partial charge in [-0.3, -0.25) is 4.79 Å². The fourth-order valence-corrected chi connectivity index (χ4v) is 3.50. The number of hydrogen-bond donors (Lipinski definition) is 1. The van der Waals surface area contributed by atoms with E-state index in [1.807, 2.05) is 36.6 Å². The smallest absolute Gasteiger partial charge is 0.291 e. The van der Waals surface area contributed by atoms with Crippen LogP contribution < -0.4 is 5.32 Å². The van der Waals surface area contributed by atoms with E-state index in [2.05, 4.69) is 15.4 Å². The maximum atomic E-state index is 13.3. The molecule has 3 heterocycles. The van der Waals surface area contributed by atoms with Crippen LogP contribution in [0, 0.1) is 5.82 Å². The van der Waals surface area contributed by atoms with Crippen LogP contribution in [-0.2, 0) is 6.42 Å². The standard InChI is InChI=1S/C20H17FN4O2S/c1-13(12-16-4-2-10-27-16)22-20(26)18-23-19(17-5-3-11-28-17)25(24-18)15-8-6-14(21)7-9-15/h2-11,13H,12H2,1H3,(H,22,26). The SMILES string of the molecule is CC(Cc1ccco1)NC(=O)c1nc(-c2cccs2)n(-c2ccc(F)cc2)n1. The van der Waals surface area contributed by atoms with Gasteiger partial charge in [-0.1, -0.05) is 6.07 Å². The van der Waals surface area contributed by atoms with Crippen molar-refractivity contribution < 1.29 is 13.6 Å². The van der Waals surface area contributed by atoms with Crippen LogP contribution in [0.5, 0.6) is 0 Å². The van der Waals surface area contributed by atoms with Crippen LogP contribution >= 0.6 is 11.3 Å². The molecule has 6 nitrogen and oxygen atoms in total. The number of carbonyl (C=O) groups is 1. The number of thiophene rings is 1. The van der Waals surface area contributed by atoms with Gasteiger partial charge in [0.2, 0.25) is 5.82 Å². The maximum absolute atomic E-state index is 13.3. The molecule has 0 aliphatic heterocycles. The van der Waals surface area contributed by atoms with Crippen LogP contribution in [0.25, 0.3) is 16.4 Å². The molecule has 0 bridgehead atoms. The summed E-state index contributed by atoms with van der Waals surface area (Å²) >= 11 is 1.49. The number of benzene rings is 1. The van der Waals surface area contributed by atoms with Crippen molar-refractivity contribution in [2.45, 2.75) is 19.4 Å². The molecule has 142 valence electrons.